The van der Waals surface area contributed by atoms with E-state index in [1.165, 1.54) is 20.3 Å². The Morgan fingerprint density at radius 3 is 2.30 bits per heavy atom. The normalized spacial score (nSPS) is 10.7. The highest BCUT2D eigenvalue weighted by Gasteiger charge is 2.15. The molecule has 0 saturated carbocycles. The average molecular weight is 366 g/mol. The zero-order chi connectivity index (χ0) is 19.6. The molecule has 0 atom stereocenters. The van der Waals surface area contributed by atoms with Crippen LogP contribution in [0.3, 0.4) is 0 Å². The largest absolute Gasteiger partial charge is 0.493 e. The minimum Gasteiger partial charge on any atom is -0.493 e. The Kier molecular flexibility index (Phi) is 7.26. The number of ether oxygens (including phenoxy) is 3. The summed E-state index contributed by atoms with van der Waals surface area (Å²) in [6.45, 7) is 2.65. The topological polar surface area (TPSA) is 80.6 Å². The number of nitriles is 1. The lowest BCUT2D eigenvalue weighted by Gasteiger charge is -2.14. The van der Waals surface area contributed by atoms with Gasteiger partial charge in [-0.15, -0.1) is 0 Å². The number of benzene rings is 2. The quantitative estimate of drug-likeness (QED) is 0.572. The van der Waals surface area contributed by atoms with Crippen LogP contribution in [0.2, 0.25) is 0 Å². The molecule has 0 aliphatic rings. The van der Waals surface area contributed by atoms with E-state index in [0.29, 0.717) is 36.0 Å². The van der Waals surface area contributed by atoms with Gasteiger partial charge in [0.15, 0.2) is 11.5 Å². The first-order chi connectivity index (χ1) is 13.1. The zero-order valence-electron chi connectivity index (χ0n) is 15.6. The maximum Gasteiger partial charge on any atom is 0.262 e. The highest BCUT2D eigenvalue weighted by molar-refractivity contribution is 6.01. The molecular weight excluding hydrogens is 344 g/mol. The van der Waals surface area contributed by atoms with Crippen molar-refractivity contribution in [2.24, 2.45) is 0 Å². The molecule has 0 unspecified atom stereocenters. The number of hydrogen-bond acceptors (Lipinski definition) is 5. The van der Waals surface area contributed by atoms with Gasteiger partial charge in [-0.2, -0.15) is 5.26 Å². The van der Waals surface area contributed by atoms with Gasteiger partial charge in [0.05, 0.1) is 20.8 Å². The van der Waals surface area contributed by atoms with Gasteiger partial charge >= 0.3 is 0 Å². The van der Waals surface area contributed by atoms with Gasteiger partial charge < -0.3 is 19.5 Å². The minimum atomic E-state index is -0.451. The van der Waals surface area contributed by atoms with E-state index in [-0.39, 0.29) is 5.57 Å². The van der Waals surface area contributed by atoms with Crippen LogP contribution >= 0.6 is 0 Å². The van der Waals surface area contributed by atoms with Crippen molar-refractivity contribution in [1.29, 1.82) is 5.26 Å². The fourth-order valence-electron chi connectivity index (χ4n) is 2.46. The third-order valence-electron chi connectivity index (χ3n) is 3.74. The summed E-state index contributed by atoms with van der Waals surface area (Å²) in [5.74, 6) is 0.953. The van der Waals surface area contributed by atoms with E-state index in [2.05, 4.69) is 5.32 Å². The van der Waals surface area contributed by atoms with E-state index in [1.54, 1.807) is 12.1 Å². The Hall–Kier alpha value is -3.46. The zero-order valence-corrected chi connectivity index (χ0v) is 15.6. The van der Waals surface area contributed by atoms with Crippen LogP contribution in [-0.4, -0.2) is 26.7 Å². The summed E-state index contributed by atoms with van der Waals surface area (Å²) in [5, 5.41) is 12.1. The molecule has 0 saturated heterocycles. The van der Waals surface area contributed by atoms with Crippen molar-refractivity contribution >= 4 is 12.0 Å². The maximum absolute atomic E-state index is 12.3. The van der Waals surface area contributed by atoms with Crippen molar-refractivity contribution in [3.63, 3.8) is 0 Å². The molecule has 1 amide bonds. The highest BCUT2D eigenvalue weighted by Crippen LogP contribution is 2.39. The third-order valence-corrected chi connectivity index (χ3v) is 3.74. The first kappa shape index (κ1) is 19.9. The van der Waals surface area contributed by atoms with E-state index in [4.69, 9.17) is 14.2 Å². The Labute approximate surface area is 159 Å². The van der Waals surface area contributed by atoms with Crippen molar-refractivity contribution in [3.05, 3.63) is 59.2 Å². The SMILES string of the molecule is CCOc1c(OC)cc(C=C(C#N)C(=O)NCc2ccccc2)cc1OC. The van der Waals surface area contributed by atoms with Crippen LogP contribution in [-0.2, 0) is 11.3 Å². The van der Waals surface area contributed by atoms with Gasteiger partial charge in [0.2, 0.25) is 5.75 Å². The predicted molar refractivity (Wildman–Crippen MR) is 103 cm³/mol. The lowest BCUT2D eigenvalue weighted by Crippen LogP contribution is -2.23. The summed E-state index contributed by atoms with van der Waals surface area (Å²) in [7, 11) is 3.03. The lowest BCUT2D eigenvalue weighted by atomic mass is 10.1. The number of nitrogens with zero attached hydrogens (tertiary/aromatic N) is 1. The maximum atomic E-state index is 12.3. The molecule has 2 aromatic carbocycles. The van der Waals surface area contributed by atoms with Crippen molar-refractivity contribution in [1.82, 2.24) is 5.32 Å². The fourth-order valence-corrected chi connectivity index (χ4v) is 2.46. The monoisotopic (exact) mass is 366 g/mol. The van der Waals surface area contributed by atoms with Crippen LogP contribution in [0.15, 0.2) is 48.0 Å². The van der Waals surface area contributed by atoms with Crippen LogP contribution in [0.4, 0.5) is 0 Å². The molecule has 2 aromatic rings. The second-order valence-corrected chi connectivity index (χ2v) is 5.53. The van der Waals surface area contributed by atoms with Crippen LogP contribution in [0, 0.1) is 11.3 Å². The van der Waals surface area contributed by atoms with Gasteiger partial charge in [0, 0.05) is 6.54 Å². The van der Waals surface area contributed by atoms with Gasteiger partial charge in [0.25, 0.3) is 5.91 Å². The fraction of sp³-hybridized carbons (Fsp3) is 0.238. The van der Waals surface area contributed by atoms with E-state index < -0.39 is 5.91 Å². The summed E-state index contributed by atoms with van der Waals surface area (Å²) in [6.07, 6.45) is 1.49. The molecule has 0 spiro atoms. The van der Waals surface area contributed by atoms with Gasteiger partial charge in [-0.3, -0.25) is 4.79 Å². The van der Waals surface area contributed by atoms with Crippen molar-refractivity contribution in [2.45, 2.75) is 13.5 Å². The number of carbonyl (C=O) groups excluding carboxylic acids is 1. The summed E-state index contributed by atoms with van der Waals surface area (Å²) in [4.78, 5) is 12.3. The summed E-state index contributed by atoms with van der Waals surface area (Å²) < 4.78 is 16.2. The Morgan fingerprint density at radius 2 is 1.78 bits per heavy atom. The number of rotatable bonds is 8. The van der Waals surface area contributed by atoms with Gasteiger partial charge in [-0.1, -0.05) is 30.3 Å². The Balaban J connectivity index is 2.25. The van der Waals surface area contributed by atoms with Gasteiger partial charge in [-0.05, 0) is 36.3 Å². The number of carbonyl (C=O) groups is 1. The molecule has 0 radical (unpaired) electrons. The van der Waals surface area contributed by atoms with E-state index >= 15 is 0 Å². The molecule has 0 fully saturated rings. The standard InChI is InChI=1S/C21H22N2O4/c1-4-27-20-18(25-2)11-16(12-19(20)26-3)10-17(13-22)21(24)23-14-15-8-6-5-7-9-15/h5-12H,4,14H2,1-3H3,(H,23,24). The molecule has 0 aliphatic heterocycles. The van der Waals surface area contributed by atoms with Gasteiger partial charge in [0.1, 0.15) is 11.6 Å². The average Bonchev–Trinajstić information content (AvgIpc) is 2.71. The molecule has 0 heterocycles. The molecule has 0 bridgehead atoms. The smallest absolute Gasteiger partial charge is 0.262 e. The Morgan fingerprint density at radius 1 is 1.15 bits per heavy atom. The van der Waals surface area contributed by atoms with E-state index in [9.17, 15) is 10.1 Å². The summed E-state index contributed by atoms with van der Waals surface area (Å²) in [6, 6.07) is 14.8. The molecule has 1 N–H and O–H groups in total. The van der Waals surface area contributed by atoms with Crippen molar-refractivity contribution in [2.75, 3.05) is 20.8 Å². The van der Waals surface area contributed by atoms with Crippen molar-refractivity contribution in [3.8, 4) is 23.3 Å². The molecular formula is C21H22N2O4. The number of nitrogens with one attached hydrogen (secondary N) is 1. The van der Waals surface area contributed by atoms with Gasteiger partial charge in [-0.25, -0.2) is 0 Å². The number of methoxy groups -OCH3 is 2. The first-order valence-electron chi connectivity index (χ1n) is 8.45. The lowest BCUT2D eigenvalue weighted by molar-refractivity contribution is -0.117. The van der Waals surface area contributed by atoms with Crippen LogP contribution in [0.25, 0.3) is 6.08 Å². The van der Waals surface area contributed by atoms with Crippen LogP contribution in [0.5, 0.6) is 17.2 Å². The van der Waals surface area contributed by atoms with Crippen LogP contribution < -0.4 is 19.5 Å². The molecule has 140 valence electrons. The van der Waals surface area contributed by atoms with Crippen molar-refractivity contribution < 1.29 is 19.0 Å². The van der Waals surface area contributed by atoms with Crippen LogP contribution in [0.1, 0.15) is 18.1 Å². The second kappa shape index (κ2) is 9.88. The molecule has 2 rings (SSSR count). The molecule has 6 nitrogen and oxygen atoms in total. The number of hydrogen-bond donors (Lipinski definition) is 1. The molecule has 6 heteroatoms. The number of amides is 1. The summed E-state index contributed by atoms with van der Waals surface area (Å²) in [5.41, 5.74) is 1.53. The summed E-state index contributed by atoms with van der Waals surface area (Å²) >= 11 is 0. The molecule has 27 heavy (non-hydrogen) atoms. The Bertz CT molecular complexity index is 829. The first-order valence-corrected chi connectivity index (χ1v) is 8.45. The van der Waals surface area contributed by atoms with E-state index in [0.717, 1.165) is 5.56 Å². The minimum absolute atomic E-state index is 0.0146. The van der Waals surface area contributed by atoms with E-state index in [1.807, 2.05) is 43.3 Å². The molecule has 0 aliphatic carbocycles. The molecule has 0 aromatic heterocycles. The second-order valence-electron chi connectivity index (χ2n) is 5.53. The predicted octanol–water partition coefficient (Wildman–Crippen LogP) is 3.33. The highest BCUT2D eigenvalue weighted by atomic mass is 16.5. The third kappa shape index (κ3) is 5.25.